The lowest BCUT2D eigenvalue weighted by atomic mass is 10.00. The van der Waals surface area contributed by atoms with E-state index in [2.05, 4.69) is 15.8 Å². The largest absolute Gasteiger partial charge is 0.336 e. The second kappa shape index (κ2) is 8.51. The van der Waals surface area contributed by atoms with Crippen LogP contribution in [0.1, 0.15) is 19.4 Å². The van der Waals surface area contributed by atoms with Crippen LogP contribution in [0.3, 0.4) is 0 Å². The van der Waals surface area contributed by atoms with Gasteiger partial charge >= 0.3 is 12.1 Å². The van der Waals surface area contributed by atoms with Crippen molar-refractivity contribution in [2.45, 2.75) is 25.6 Å². The number of urea groups is 2. The minimum atomic E-state index is -0.661. The molecule has 1 aliphatic rings. The Balaban J connectivity index is 1.59. The minimum absolute atomic E-state index is 0.193. The van der Waals surface area contributed by atoms with Gasteiger partial charge in [-0.15, -0.1) is 0 Å². The molecule has 1 fully saturated rings. The number of hydrazone groups is 1. The highest BCUT2D eigenvalue weighted by Gasteiger charge is 2.51. The Hall–Kier alpha value is -3.58. The van der Waals surface area contributed by atoms with E-state index in [0.717, 1.165) is 22.0 Å². The third-order valence-electron chi connectivity index (χ3n) is 5.83. The molecule has 0 aliphatic carbocycles. The normalized spacial score (nSPS) is 17.9. The molecule has 0 bridgehead atoms. The van der Waals surface area contributed by atoms with Gasteiger partial charge in [0.15, 0.2) is 0 Å². The number of nitrogens with one attached hydrogen (secondary N) is 2. The second-order valence-electron chi connectivity index (χ2n) is 8.16. The Bertz CT molecular complexity index is 1190. The molecule has 164 valence electrons. The third-order valence-corrected chi connectivity index (χ3v) is 6.08. The van der Waals surface area contributed by atoms with E-state index in [-0.39, 0.29) is 6.03 Å². The Labute approximate surface area is 191 Å². The Morgan fingerprint density at radius 1 is 1.06 bits per heavy atom. The summed E-state index contributed by atoms with van der Waals surface area (Å²) in [6, 6.07) is 20.0. The number of rotatable bonds is 4. The molecule has 1 aliphatic heterocycles. The van der Waals surface area contributed by atoms with Crippen molar-refractivity contribution in [3.63, 3.8) is 0 Å². The van der Waals surface area contributed by atoms with Crippen molar-refractivity contribution in [3.05, 3.63) is 77.3 Å². The first-order valence-electron chi connectivity index (χ1n) is 10.2. The predicted octanol–water partition coefficient (Wildman–Crippen LogP) is 4.80. The van der Waals surface area contributed by atoms with Crippen LogP contribution in [0.5, 0.6) is 0 Å². The molecule has 32 heavy (non-hydrogen) atoms. The second-order valence-corrected chi connectivity index (χ2v) is 8.60. The lowest BCUT2D eigenvalue weighted by molar-refractivity contribution is 0.178. The summed E-state index contributed by atoms with van der Waals surface area (Å²) in [5.41, 5.74) is 3.35. The number of likely N-dealkylation sites (N-methyl/N-ethyl adjacent to an activating group) is 1. The van der Waals surface area contributed by atoms with E-state index in [1.807, 2.05) is 56.3 Å². The molecule has 0 radical (unpaired) electrons. The fourth-order valence-electron chi connectivity index (χ4n) is 3.79. The highest BCUT2D eigenvalue weighted by atomic mass is 35.5. The van der Waals surface area contributed by atoms with Crippen molar-refractivity contribution in [2.75, 3.05) is 11.9 Å². The highest BCUT2D eigenvalue weighted by molar-refractivity contribution is 6.30. The number of halogens is 1. The molecule has 4 amide bonds. The quantitative estimate of drug-likeness (QED) is 0.443. The molecule has 7 nitrogen and oxygen atoms in total. The number of fused-ring (bicyclic) bond motifs is 1. The zero-order chi connectivity index (χ0) is 22.9. The van der Waals surface area contributed by atoms with Gasteiger partial charge in [0, 0.05) is 17.5 Å². The lowest BCUT2D eigenvalue weighted by Crippen LogP contribution is -2.57. The number of benzene rings is 3. The molecule has 4 rings (SSSR count). The maximum absolute atomic E-state index is 13.2. The smallest absolute Gasteiger partial charge is 0.318 e. The fourth-order valence-corrected chi connectivity index (χ4v) is 3.92. The van der Waals surface area contributed by atoms with E-state index < -0.39 is 17.7 Å². The number of hydrogen-bond donors (Lipinski definition) is 2. The number of nitrogens with zero attached hydrogens (tertiary/aromatic N) is 3. The van der Waals surface area contributed by atoms with Crippen LogP contribution >= 0.6 is 11.6 Å². The summed E-state index contributed by atoms with van der Waals surface area (Å²) >= 11 is 5.88. The van der Waals surface area contributed by atoms with Gasteiger partial charge in [0.1, 0.15) is 6.17 Å². The maximum atomic E-state index is 13.2. The number of anilines is 1. The summed E-state index contributed by atoms with van der Waals surface area (Å²) < 4.78 is 0. The van der Waals surface area contributed by atoms with Gasteiger partial charge in [-0.2, -0.15) is 5.10 Å². The SMILES string of the molecule is CN1C(=O)N(c2cccc3ccccc23)C(NC(=O)N/N=C/c2ccc(Cl)cc2)C1(C)C. The number of hydrogen-bond acceptors (Lipinski definition) is 3. The van der Waals surface area contributed by atoms with Crippen LogP contribution in [-0.4, -0.2) is 41.9 Å². The fraction of sp³-hybridized carbons (Fsp3) is 0.208. The molecular formula is C24H24ClN5O2. The van der Waals surface area contributed by atoms with Crippen LogP contribution < -0.4 is 15.6 Å². The average Bonchev–Trinajstić information content (AvgIpc) is 2.94. The van der Waals surface area contributed by atoms with E-state index in [1.54, 1.807) is 41.1 Å². The van der Waals surface area contributed by atoms with Gasteiger partial charge in [-0.3, -0.25) is 4.90 Å². The number of carbonyl (C=O) groups excluding carboxylic acids is 2. The first kappa shape index (κ1) is 21.6. The molecule has 3 aromatic carbocycles. The van der Waals surface area contributed by atoms with Gasteiger partial charge in [0.25, 0.3) is 0 Å². The third kappa shape index (κ3) is 3.99. The van der Waals surface area contributed by atoms with Gasteiger partial charge in [-0.1, -0.05) is 60.1 Å². The van der Waals surface area contributed by atoms with Crippen LogP contribution in [0.15, 0.2) is 71.8 Å². The Morgan fingerprint density at radius 2 is 1.75 bits per heavy atom. The molecule has 2 N–H and O–H groups in total. The van der Waals surface area contributed by atoms with Crippen molar-refractivity contribution >= 4 is 46.3 Å². The zero-order valence-electron chi connectivity index (χ0n) is 18.0. The van der Waals surface area contributed by atoms with Gasteiger partial charge < -0.3 is 10.2 Å². The van der Waals surface area contributed by atoms with E-state index in [9.17, 15) is 9.59 Å². The summed E-state index contributed by atoms with van der Waals surface area (Å²) in [5.74, 6) is 0. The molecule has 1 saturated heterocycles. The maximum Gasteiger partial charge on any atom is 0.336 e. The predicted molar refractivity (Wildman–Crippen MR) is 128 cm³/mol. The van der Waals surface area contributed by atoms with Crippen LogP contribution in [0, 0.1) is 0 Å². The van der Waals surface area contributed by atoms with Gasteiger partial charge in [-0.05, 0) is 43.0 Å². The van der Waals surface area contributed by atoms with E-state index in [4.69, 9.17) is 11.6 Å². The van der Waals surface area contributed by atoms with Crippen LogP contribution in [0.4, 0.5) is 15.3 Å². The molecule has 1 atom stereocenters. The van der Waals surface area contributed by atoms with Crippen molar-refractivity contribution in [2.24, 2.45) is 5.10 Å². The summed E-state index contributed by atoms with van der Waals surface area (Å²) in [7, 11) is 1.73. The Morgan fingerprint density at radius 3 is 2.50 bits per heavy atom. The summed E-state index contributed by atoms with van der Waals surface area (Å²) in [4.78, 5) is 29.2. The standard InChI is InChI=1S/C24H24ClN5O2/c1-24(2)21(27-22(31)28-26-15-16-11-13-18(25)14-12-16)30(23(32)29(24)3)20-10-6-8-17-7-4-5-9-19(17)20/h4-15,21H,1-3H3,(H2,27,28,31)/b26-15+. The van der Waals surface area contributed by atoms with E-state index in [1.165, 1.54) is 6.21 Å². The van der Waals surface area contributed by atoms with Crippen molar-refractivity contribution < 1.29 is 9.59 Å². The molecule has 0 spiro atoms. The van der Waals surface area contributed by atoms with Gasteiger partial charge in [-0.25, -0.2) is 15.0 Å². The highest BCUT2D eigenvalue weighted by Crippen LogP contribution is 2.37. The first-order chi connectivity index (χ1) is 15.3. The number of carbonyl (C=O) groups is 2. The molecule has 3 aromatic rings. The lowest BCUT2D eigenvalue weighted by Gasteiger charge is -2.33. The van der Waals surface area contributed by atoms with E-state index >= 15 is 0 Å². The molecule has 1 heterocycles. The van der Waals surface area contributed by atoms with Gasteiger partial charge in [0.2, 0.25) is 0 Å². The van der Waals surface area contributed by atoms with E-state index in [0.29, 0.717) is 5.02 Å². The topological polar surface area (TPSA) is 77.0 Å². The molecule has 1 unspecified atom stereocenters. The van der Waals surface area contributed by atoms with Crippen LogP contribution in [0.2, 0.25) is 5.02 Å². The summed E-state index contributed by atoms with van der Waals surface area (Å²) in [6.45, 7) is 3.83. The molecule has 0 saturated carbocycles. The first-order valence-corrected chi connectivity index (χ1v) is 10.6. The number of amides is 4. The molecule has 8 heteroatoms. The monoisotopic (exact) mass is 449 g/mol. The minimum Gasteiger partial charge on any atom is -0.318 e. The zero-order valence-corrected chi connectivity index (χ0v) is 18.8. The van der Waals surface area contributed by atoms with Crippen molar-refractivity contribution in [1.29, 1.82) is 0 Å². The average molecular weight is 450 g/mol. The van der Waals surface area contributed by atoms with Crippen LogP contribution in [-0.2, 0) is 0 Å². The van der Waals surface area contributed by atoms with Crippen molar-refractivity contribution in [3.8, 4) is 0 Å². The Kier molecular flexibility index (Phi) is 5.76. The summed E-state index contributed by atoms with van der Waals surface area (Å²) in [5, 5.41) is 9.49. The molecule has 0 aromatic heterocycles. The van der Waals surface area contributed by atoms with Crippen molar-refractivity contribution in [1.82, 2.24) is 15.6 Å². The summed E-state index contributed by atoms with van der Waals surface area (Å²) in [6.07, 6.45) is 0.909. The van der Waals surface area contributed by atoms with Gasteiger partial charge in [0.05, 0.1) is 17.4 Å². The van der Waals surface area contributed by atoms with Crippen LogP contribution in [0.25, 0.3) is 10.8 Å². The molecular weight excluding hydrogens is 426 g/mol.